The van der Waals surface area contributed by atoms with Gasteiger partial charge in [0.25, 0.3) is 0 Å². The van der Waals surface area contributed by atoms with Gasteiger partial charge in [-0.15, -0.1) is 0 Å². The molecule has 0 aromatic carbocycles. The molecule has 0 saturated heterocycles. The van der Waals surface area contributed by atoms with Crippen molar-refractivity contribution >= 4 is 11.9 Å². The molecule has 4 heteroatoms. The van der Waals surface area contributed by atoms with Gasteiger partial charge in [0.2, 0.25) is 5.91 Å². The lowest BCUT2D eigenvalue weighted by Gasteiger charge is -2.25. The Hall–Kier alpha value is -1.06. The number of carbonyl (C=O) groups excluding carboxylic acids is 1. The first kappa shape index (κ1) is 17.0. The van der Waals surface area contributed by atoms with Crippen molar-refractivity contribution in [3.63, 3.8) is 0 Å². The molecule has 116 valence electrons. The van der Waals surface area contributed by atoms with E-state index in [1.807, 2.05) is 6.92 Å². The quantitative estimate of drug-likeness (QED) is 0.718. The number of carboxylic acids is 1. The minimum atomic E-state index is -0.767. The van der Waals surface area contributed by atoms with Gasteiger partial charge < -0.3 is 10.4 Å². The molecule has 20 heavy (non-hydrogen) atoms. The molecular weight excluding hydrogens is 254 g/mol. The lowest BCUT2D eigenvalue weighted by Crippen LogP contribution is -2.38. The van der Waals surface area contributed by atoms with E-state index < -0.39 is 11.9 Å². The van der Waals surface area contributed by atoms with Gasteiger partial charge in [0, 0.05) is 12.5 Å². The molecule has 1 amide bonds. The molecule has 0 radical (unpaired) electrons. The Labute approximate surface area is 122 Å². The third-order valence-electron chi connectivity index (χ3n) is 4.35. The van der Waals surface area contributed by atoms with Crippen molar-refractivity contribution in [2.45, 2.75) is 77.7 Å². The van der Waals surface area contributed by atoms with Gasteiger partial charge in [-0.2, -0.15) is 0 Å². The summed E-state index contributed by atoms with van der Waals surface area (Å²) in [5, 5.41) is 12.3. The normalized spacial score (nSPS) is 19.3. The molecule has 2 unspecified atom stereocenters. The molecule has 2 atom stereocenters. The Morgan fingerprint density at radius 3 is 2.45 bits per heavy atom. The highest BCUT2D eigenvalue weighted by atomic mass is 16.4. The zero-order valence-electron chi connectivity index (χ0n) is 12.9. The van der Waals surface area contributed by atoms with Crippen LogP contribution in [-0.2, 0) is 9.59 Å². The third-order valence-corrected chi connectivity index (χ3v) is 4.35. The molecule has 1 fully saturated rings. The molecule has 0 bridgehead atoms. The van der Waals surface area contributed by atoms with E-state index in [9.17, 15) is 14.7 Å². The van der Waals surface area contributed by atoms with Crippen LogP contribution in [0.15, 0.2) is 0 Å². The van der Waals surface area contributed by atoms with Gasteiger partial charge in [-0.25, -0.2) is 0 Å². The molecule has 0 aromatic heterocycles. The van der Waals surface area contributed by atoms with Crippen LogP contribution in [0.4, 0.5) is 0 Å². The van der Waals surface area contributed by atoms with Crippen LogP contribution >= 0.6 is 0 Å². The summed E-state index contributed by atoms with van der Waals surface area (Å²) in [5.41, 5.74) is 0. The van der Waals surface area contributed by atoms with Crippen LogP contribution in [0.5, 0.6) is 0 Å². The zero-order valence-corrected chi connectivity index (χ0v) is 12.9. The second-order valence-corrected chi connectivity index (χ2v) is 6.17. The first-order valence-electron chi connectivity index (χ1n) is 8.06. The van der Waals surface area contributed by atoms with Crippen LogP contribution in [-0.4, -0.2) is 23.0 Å². The Bertz CT molecular complexity index is 311. The molecule has 1 aliphatic rings. The van der Waals surface area contributed by atoms with E-state index in [1.165, 1.54) is 19.3 Å². The number of carbonyl (C=O) groups is 2. The molecule has 2 N–H and O–H groups in total. The molecule has 4 nitrogen and oxygen atoms in total. The van der Waals surface area contributed by atoms with Crippen LogP contribution in [0.2, 0.25) is 0 Å². The Balaban J connectivity index is 2.39. The first-order valence-corrected chi connectivity index (χ1v) is 8.06. The van der Waals surface area contributed by atoms with E-state index in [4.69, 9.17) is 0 Å². The Morgan fingerprint density at radius 1 is 1.25 bits per heavy atom. The van der Waals surface area contributed by atoms with E-state index in [0.29, 0.717) is 18.9 Å². The number of hydrogen-bond acceptors (Lipinski definition) is 2. The average Bonchev–Trinajstić information content (AvgIpc) is 2.39. The van der Waals surface area contributed by atoms with Crippen LogP contribution in [0.1, 0.15) is 71.6 Å². The minimum Gasteiger partial charge on any atom is -0.481 e. The second-order valence-electron chi connectivity index (χ2n) is 6.17. The molecule has 0 aromatic rings. The number of nitrogens with one attached hydrogen (secondary N) is 1. The zero-order chi connectivity index (χ0) is 15.0. The number of rotatable bonds is 8. The Morgan fingerprint density at radius 2 is 1.90 bits per heavy atom. The summed E-state index contributed by atoms with van der Waals surface area (Å²) in [6.45, 7) is 3.94. The van der Waals surface area contributed by atoms with Crippen molar-refractivity contribution < 1.29 is 14.7 Å². The van der Waals surface area contributed by atoms with Gasteiger partial charge in [-0.1, -0.05) is 46.0 Å². The van der Waals surface area contributed by atoms with E-state index in [-0.39, 0.29) is 11.8 Å². The predicted octanol–water partition coefficient (Wildman–Crippen LogP) is 3.35. The van der Waals surface area contributed by atoms with E-state index in [1.54, 1.807) is 0 Å². The van der Waals surface area contributed by atoms with Crippen molar-refractivity contribution in [2.75, 3.05) is 0 Å². The molecule has 1 rings (SSSR count). The minimum absolute atomic E-state index is 0.0205. The topological polar surface area (TPSA) is 66.4 Å². The highest BCUT2D eigenvalue weighted by molar-refractivity contribution is 5.78. The fourth-order valence-corrected chi connectivity index (χ4v) is 3.04. The molecule has 0 heterocycles. The monoisotopic (exact) mass is 283 g/mol. The van der Waals surface area contributed by atoms with Crippen molar-refractivity contribution in [1.82, 2.24) is 5.32 Å². The van der Waals surface area contributed by atoms with Crippen molar-refractivity contribution in [2.24, 2.45) is 11.8 Å². The number of hydrogen-bond donors (Lipinski definition) is 2. The van der Waals surface area contributed by atoms with Gasteiger partial charge >= 0.3 is 5.97 Å². The molecule has 0 spiro atoms. The van der Waals surface area contributed by atoms with Crippen molar-refractivity contribution in [1.29, 1.82) is 0 Å². The maximum Gasteiger partial charge on any atom is 0.306 e. The lowest BCUT2D eigenvalue weighted by atomic mass is 9.86. The number of carboxylic acid groups (broad SMARTS) is 1. The van der Waals surface area contributed by atoms with E-state index in [0.717, 1.165) is 25.7 Å². The van der Waals surface area contributed by atoms with E-state index >= 15 is 0 Å². The molecule has 1 aliphatic carbocycles. The fourth-order valence-electron chi connectivity index (χ4n) is 3.04. The van der Waals surface area contributed by atoms with Gasteiger partial charge in [-0.3, -0.25) is 9.59 Å². The highest BCUT2D eigenvalue weighted by Gasteiger charge is 2.26. The summed E-state index contributed by atoms with van der Waals surface area (Å²) < 4.78 is 0. The van der Waals surface area contributed by atoms with Gasteiger partial charge in [0.05, 0.1) is 5.92 Å². The molecular formula is C16H29NO3. The van der Waals surface area contributed by atoms with Crippen LogP contribution < -0.4 is 5.32 Å². The summed E-state index contributed by atoms with van der Waals surface area (Å²) in [7, 11) is 0. The van der Waals surface area contributed by atoms with Crippen LogP contribution in [0, 0.1) is 11.8 Å². The van der Waals surface area contributed by atoms with Crippen LogP contribution in [0.3, 0.4) is 0 Å². The standard InChI is InChI=1S/C16H29NO3/c1-3-4-10-14(16(19)20)12(2)11-15(18)17-13-8-6-5-7-9-13/h12-14H,3-11H2,1-2H3,(H,17,18)(H,19,20). The van der Waals surface area contributed by atoms with Crippen LogP contribution in [0.25, 0.3) is 0 Å². The van der Waals surface area contributed by atoms with Gasteiger partial charge in [-0.05, 0) is 25.2 Å². The lowest BCUT2D eigenvalue weighted by molar-refractivity contribution is -0.144. The average molecular weight is 283 g/mol. The smallest absolute Gasteiger partial charge is 0.306 e. The summed E-state index contributed by atoms with van der Waals surface area (Å²) >= 11 is 0. The summed E-state index contributed by atoms with van der Waals surface area (Å²) in [5.74, 6) is -1.24. The SMILES string of the molecule is CCCCC(C(=O)O)C(C)CC(=O)NC1CCCCC1. The second kappa shape index (κ2) is 8.98. The number of amides is 1. The predicted molar refractivity (Wildman–Crippen MR) is 79.4 cm³/mol. The highest BCUT2D eigenvalue weighted by Crippen LogP contribution is 2.23. The largest absolute Gasteiger partial charge is 0.481 e. The van der Waals surface area contributed by atoms with Gasteiger partial charge in [0.15, 0.2) is 0 Å². The molecule has 0 aliphatic heterocycles. The van der Waals surface area contributed by atoms with E-state index in [2.05, 4.69) is 12.2 Å². The third kappa shape index (κ3) is 5.93. The first-order chi connectivity index (χ1) is 9.54. The maximum absolute atomic E-state index is 12.0. The maximum atomic E-state index is 12.0. The van der Waals surface area contributed by atoms with Gasteiger partial charge in [0.1, 0.15) is 0 Å². The Kier molecular flexibility index (Phi) is 7.63. The summed E-state index contributed by atoms with van der Waals surface area (Å²) in [6, 6.07) is 0.308. The number of aliphatic carboxylic acids is 1. The summed E-state index contributed by atoms with van der Waals surface area (Å²) in [4.78, 5) is 23.3. The number of unbranched alkanes of at least 4 members (excludes halogenated alkanes) is 1. The van der Waals surface area contributed by atoms with Crippen molar-refractivity contribution in [3.05, 3.63) is 0 Å². The fraction of sp³-hybridized carbons (Fsp3) is 0.875. The molecule has 1 saturated carbocycles. The van der Waals surface area contributed by atoms with Crippen molar-refractivity contribution in [3.8, 4) is 0 Å². The summed E-state index contributed by atoms with van der Waals surface area (Å²) in [6.07, 6.45) is 8.68.